The molecule has 17 heavy (non-hydrogen) atoms. The molecule has 1 aromatic heterocycles. The summed E-state index contributed by atoms with van der Waals surface area (Å²) in [6.45, 7) is 1.94. The molecule has 2 rings (SSSR count). The van der Waals surface area contributed by atoms with Gasteiger partial charge in [-0.05, 0) is 34.5 Å². The van der Waals surface area contributed by atoms with Crippen LogP contribution in [-0.4, -0.2) is 18.1 Å². The molecular weight excluding hydrogens is 305 g/mol. The lowest BCUT2D eigenvalue weighted by atomic mass is 10.1. The quantitative estimate of drug-likeness (QED) is 0.753. The van der Waals surface area contributed by atoms with Crippen molar-refractivity contribution in [1.29, 1.82) is 0 Å². The molecule has 5 heteroatoms. The highest BCUT2D eigenvalue weighted by Crippen LogP contribution is 2.33. The second kappa shape index (κ2) is 4.63. The predicted molar refractivity (Wildman–Crippen MR) is 70.5 cm³/mol. The first-order valence-corrected chi connectivity index (χ1v) is 6.05. The van der Waals surface area contributed by atoms with E-state index in [2.05, 4.69) is 25.7 Å². The standard InChI is InChI=1S/C12H9BrClNO2/c1-6-3-4-8(14)9-10(13)7(12(16)17-2)5-15-11(6)9/h3-5H,1-2H3. The van der Waals surface area contributed by atoms with Gasteiger partial charge in [0.15, 0.2) is 0 Å². The van der Waals surface area contributed by atoms with Crippen molar-refractivity contribution >= 4 is 44.4 Å². The number of esters is 1. The number of carbonyl (C=O) groups excluding carboxylic acids is 1. The first-order chi connectivity index (χ1) is 8.06. The zero-order valence-electron chi connectivity index (χ0n) is 9.25. The number of ether oxygens (including phenoxy) is 1. The van der Waals surface area contributed by atoms with Crippen LogP contribution in [0.3, 0.4) is 0 Å². The van der Waals surface area contributed by atoms with Crippen LogP contribution in [-0.2, 0) is 4.74 Å². The van der Waals surface area contributed by atoms with E-state index in [-0.39, 0.29) is 0 Å². The molecule has 0 aliphatic heterocycles. The molecule has 1 aromatic carbocycles. The van der Waals surface area contributed by atoms with Crippen molar-refractivity contribution in [3.05, 3.63) is 39.0 Å². The molecule has 0 unspecified atom stereocenters. The molecule has 0 spiro atoms. The van der Waals surface area contributed by atoms with Gasteiger partial charge >= 0.3 is 5.97 Å². The van der Waals surface area contributed by atoms with E-state index in [1.165, 1.54) is 13.3 Å². The lowest BCUT2D eigenvalue weighted by Gasteiger charge is -2.08. The lowest BCUT2D eigenvalue weighted by Crippen LogP contribution is -2.04. The Hall–Kier alpha value is -1.13. The van der Waals surface area contributed by atoms with E-state index < -0.39 is 5.97 Å². The number of benzene rings is 1. The number of methoxy groups -OCH3 is 1. The summed E-state index contributed by atoms with van der Waals surface area (Å²) >= 11 is 9.51. The normalized spacial score (nSPS) is 10.6. The first-order valence-electron chi connectivity index (χ1n) is 4.88. The van der Waals surface area contributed by atoms with E-state index in [0.717, 1.165) is 16.5 Å². The largest absolute Gasteiger partial charge is 0.465 e. The average Bonchev–Trinajstić information content (AvgIpc) is 2.33. The fourth-order valence-electron chi connectivity index (χ4n) is 1.62. The SMILES string of the molecule is COC(=O)c1cnc2c(C)ccc(Cl)c2c1Br. The number of fused-ring (bicyclic) bond motifs is 1. The Balaban J connectivity index is 2.84. The van der Waals surface area contributed by atoms with Gasteiger partial charge in [-0.3, -0.25) is 4.98 Å². The number of aryl methyl sites for hydroxylation is 1. The number of halogens is 2. The topological polar surface area (TPSA) is 39.2 Å². The number of hydrogen-bond donors (Lipinski definition) is 0. The van der Waals surface area contributed by atoms with Crippen molar-refractivity contribution in [2.75, 3.05) is 7.11 Å². The molecule has 3 nitrogen and oxygen atoms in total. The Bertz CT molecular complexity index is 613. The summed E-state index contributed by atoms with van der Waals surface area (Å²) in [7, 11) is 1.33. The van der Waals surface area contributed by atoms with Gasteiger partial charge in [-0.15, -0.1) is 0 Å². The van der Waals surface area contributed by atoms with Crippen LogP contribution in [0.4, 0.5) is 0 Å². The van der Waals surface area contributed by atoms with E-state index in [1.54, 1.807) is 6.07 Å². The third kappa shape index (κ3) is 2.03. The summed E-state index contributed by atoms with van der Waals surface area (Å²) in [4.78, 5) is 15.8. The molecule has 0 aliphatic rings. The Morgan fingerprint density at radius 3 is 2.82 bits per heavy atom. The Labute approximate surface area is 112 Å². The molecule has 0 bridgehead atoms. The molecule has 0 atom stereocenters. The third-order valence-electron chi connectivity index (χ3n) is 2.51. The van der Waals surface area contributed by atoms with Gasteiger partial charge in [0.1, 0.15) is 0 Å². The summed E-state index contributed by atoms with van der Waals surface area (Å²) in [6, 6.07) is 3.68. The van der Waals surface area contributed by atoms with Gasteiger partial charge in [-0.25, -0.2) is 4.79 Å². The highest BCUT2D eigenvalue weighted by Gasteiger charge is 2.16. The molecule has 0 saturated carbocycles. The van der Waals surface area contributed by atoms with Gasteiger partial charge in [-0.2, -0.15) is 0 Å². The zero-order chi connectivity index (χ0) is 12.6. The van der Waals surface area contributed by atoms with Crippen molar-refractivity contribution in [3.8, 4) is 0 Å². The summed E-state index contributed by atoms with van der Waals surface area (Å²) in [6.07, 6.45) is 1.49. The Morgan fingerprint density at radius 1 is 1.47 bits per heavy atom. The fraction of sp³-hybridized carbons (Fsp3) is 0.167. The maximum atomic E-state index is 11.5. The van der Waals surface area contributed by atoms with Crippen molar-refractivity contribution < 1.29 is 9.53 Å². The highest BCUT2D eigenvalue weighted by molar-refractivity contribution is 9.10. The van der Waals surface area contributed by atoms with E-state index in [0.29, 0.717) is 15.1 Å². The van der Waals surface area contributed by atoms with Crippen LogP contribution in [0, 0.1) is 6.92 Å². The van der Waals surface area contributed by atoms with Crippen LogP contribution >= 0.6 is 27.5 Å². The van der Waals surface area contributed by atoms with Crippen LogP contribution in [0.25, 0.3) is 10.9 Å². The number of aromatic nitrogens is 1. The summed E-state index contributed by atoms with van der Waals surface area (Å²) in [5, 5.41) is 1.28. The van der Waals surface area contributed by atoms with Gasteiger partial charge in [0.2, 0.25) is 0 Å². The van der Waals surface area contributed by atoms with Crippen molar-refractivity contribution in [2.45, 2.75) is 6.92 Å². The molecule has 0 N–H and O–H groups in total. The zero-order valence-corrected chi connectivity index (χ0v) is 11.6. The maximum Gasteiger partial charge on any atom is 0.340 e. The number of hydrogen-bond acceptors (Lipinski definition) is 3. The van der Waals surface area contributed by atoms with E-state index >= 15 is 0 Å². The minimum absolute atomic E-state index is 0.368. The smallest absolute Gasteiger partial charge is 0.340 e. The molecule has 88 valence electrons. The second-order valence-electron chi connectivity index (χ2n) is 3.57. The molecule has 0 amide bonds. The van der Waals surface area contributed by atoms with Gasteiger partial charge in [0, 0.05) is 16.1 Å². The predicted octanol–water partition coefficient (Wildman–Crippen LogP) is 3.75. The molecule has 0 fully saturated rings. The van der Waals surface area contributed by atoms with Gasteiger partial charge < -0.3 is 4.74 Å². The van der Waals surface area contributed by atoms with E-state index in [4.69, 9.17) is 11.6 Å². The molecule has 0 aliphatic carbocycles. The van der Waals surface area contributed by atoms with Crippen molar-refractivity contribution in [1.82, 2.24) is 4.98 Å². The van der Waals surface area contributed by atoms with Crippen LogP contribution < -0.4 is 0 Å². The number of carbonyl (C=O) groups is 1. The fourth-order valence-corrected chi connectivity index (χ4v) is 2.65. The molecular formula is C12H9BrClNO2. The number of pyridine rings is 1. The van der Waals surface area contributed by atoms with Gasteiger partial charge in [-0.1, -0.05) is 17.7 Å². The highest BCUT2D eigenvalue weighted by atomic mass is 79.9. The molecule has 2 aromatic rings. The van der Waals surface area contributed by atoms with Crippen LogP contribution in [0.15, 0.2) is 22.8 Å². The number of nitrogens with zero attached hydrogens (tertiary/aromatic N) is 1. The Morgan fingerprint density at radius 2 is 2.18 bits per heavy atom. The maximum absolute atomic E-state index is 11.5. The van der Waals surface area contributed by atoms with Crippen molar-refractivity contribution in [3.63, 3.8) is 0 Å². The lowest BCUT2D eigenvalue weighted by molar-refractivity contribution is 0.0599. The monoisotopic (exact) mass is 313 g/mol. The summed E-state index contributed by atoms with van der Waals surface area (Å²) in [5.41, 5.74) is 2.14. The third-order valence-corrected chi connectivity index (χ3v) is 3.65. The van der Waals surface area contributed by atoms with Crippen LogP contribution in [0.5, 0.6) is 0 Å². The number of rotatable bonds is 1. The summed E-state index contributed by atoms with van der Waals surface area (Å²) < 4.78 is 5.30. The molecule has 0 saturated heterocycles. The minimum Gasteiger partial charge on any atom is -0.465 e. The van der Waals surface area contributed by atoms with E-state index in [1.807, 2.05) is 13.0 Å². The molecule has 0 radical (unpaired) electrons. The first kappa shape index (κ1) is 12.3. The van der Waals surface area contributed by atoms with Crippen LogP contribution in [0.2, 0.25) is 5.02 Å². The average molecular weight is 315 g/mol. The van der Waals surface area contributed by atoms with Gasteiger partial charge in [0.05, 0.1) is 23.2 Å². The van der Waals surface area contributed by atoms with Gasteiger partial charge in [0.25, 0.3) is 0 Å². The summed E-state index contributed by atoms with van der Waals surface area (Å²) in [5.74, 6) is -0.441. The van der Waals surface area contributed by atoms with E-state index in [9.17, 15) is 4.79 Å². The minimum atomic E-state index is -0.441. The van der Waals surface area contributed by atoms with Crippen molar-refractivity contribution in [2.24, 2.45) is 0 Å². The second-order valence-corrected chi connectivity index (χ2v) is 4.77. The van der Waals surface area contributed by atoms with Crippen LogP contribution in [0.1, 0.15) is 15.9 Å². The molecule has 1 heterocycles. The Kier molecular flexibility index (Phi) is 3.35.